The molecule has 1 unspecified atom stereocenters. The zero-order chi connectivity index (χ0) is 18.4. The van der Waals surface area contributed by atoms with Crippen molar-refractivity contribution in [3.05, 3.63) is 0 Å². The minimum atomic E-state index is -0.636. The Hall–Kier alpha value is -1.34. The maximum Gasteiger partial charge on any atom is 0.411 e. The maximum atomic E-state index is 12.4. The Morgan fingerprint density at radius 3 is 2.44 bits per heavy atom. The topological polar surface area (TPSA) is 68.3 Å². The smallest absolute Gasteiger partial charge is 0.411 e. The molecule has 2 fully saturated rings. The van der Waals surface area contributed by atoms with Gasteiger partial charge in [-0.2, -0.15) is 0 Å². The third-order valence-corrected chi connectivity index (χ3v) is 4.53. The predicted octanol–water partition coefficient (Wildman–Crippen LogP) is 2.04. The number of hydrogen-bond donors (Lipinski definition) is 0. The molecule has 2 aliphatic heterocycles. The van der Waals surface area contributed by atoms with Crippen LogP contribution in [0, 0.1) is 0 Å². The fourth-order valence-corrected chi connectivity index (χ4v) is 3.34. The van der Waals surface area contributed by atoms with Gasteiger partial charge in [0.2, 0.25) is 0 Å². The first-order valence-electron chi connectivity index (χ1n) is 9.21. The molecule has 7 heteroatoms. The Kier molecular flexibility index (Phi) is 7.07. The number of carbonyl (C=O) groups is 2. The van der Waals surface area contributed by atoms with Crippen molar-refractivity contribution in [3.63, 3.8) is 0 Å². The number of likely N-dealkylation sites (tertiary alicyclic amines) is 2. The predicted molar refractivity (Wildman–Crippen MR) is 93.4 cm³/mol. The number of methoxy groups -OCH3 is 1. The van der Waals surface area contributed by atoms with Crippen LogP contribution in [-0.4, -0.2) is 79.5 Å². The molecule has 0 aromatic rings. The van der Waals surface area contributed by atoms with Crippen LogP contribution in [-0.2, 0) is 19.0 Å². The molecule has 0 aliphatic carbocycles. The highest BCUT2D eigenvalue weighted by atomic mass is 16.6. The van der Waals surface area contributed by atoms with Gasteiger partial charge in [-0.15, -0.1) is 0 Å². The second kappa shape index (κ2) is 8.85. The molecule has 2 heterocycles. The summed E-state index contributed by atoms with van der Waals surface area (Å²) in [5.74, 6) is -0.422. The summed E-state index contributed by atoms with van der Waals surface area (Å²) >= 11 is 0. The average molecular weight is 356 g/mol. The van der Waals surface area contributed by atoms with E-state index >= 15 is 0 Å². The highest BCUT2D eigenvalue weighted by molar-refractivity contribution is 5.82. The molecule has 0 bridgehead atoms. The van der Waals surface area contributed by atoms with E-state index in [2.05, 4.69) is 4.90 Å². The number of amides is 1. The van der Waals surface area contributed by atoms with Crippen molar-refractivity contribution in [3.8, 4) is 0 Å². The molecule has 25 heavy (non-hydrogen) atoms. The summed E-state index contributed by atoms with van der Waals surface area (Å²) in [6.07, 6.45) is 3.34. The molecular formula is C18H32N2O5. The monoisotopic (exact) mass is 356 g/mol. The van der Waals surface area contributed by atoms with Crippen LogP contribution in [0.2, 0.25) is 0 Å². The first-order chi connectivity index (χ1) is 11.8. The van der Waals surface area contributed by atoms with Crippen LogP contribution < -0.4 is 0 Å². The van der Waals surface area contributed by atoms with E-state index in [9.17, 15) is 9.59 Å². The lowest BCUT2D eigenvalue weighted by molar-refractivity contribution is -0.145. The summed E-state index contributed by atoms with van der Waals surface area (Å²) in [5, 5.41) is 0. The van der Waals surface area contributed by atoms with E-state index in [1.54, 1.807) is 20.8 Å². The van der Waals surface area contributed by atoms with Gasteiger partial charge in [-0.05, 0) is 53.1 Å². The zero-order valence-corrected chi connectivity index (χ0v) is 16.0. The van der Waals surface area contributed by atoms with E-state index in [0.717, 1.165) is 13.0 Å². The van der Waals surface area contributed by atoms with Crippen LogP contribution in [0.25, 0.3) is 0 Å². The van der Waals surface area contributed by atoms with Gasteiger partial charge < -0.3 is 19.1 Å². The van der Waals surface area contributed by atoms with Crippen molar-refractivity contribution in [1.29, 1.82) is 0 Å². The summed E-state index contributed by atoms with van der Waals surface area (Å²) < 4.78 is 16.2. The van der Waals surface area contributed by atoms with Gasteiger partial charge in [0, 0.05) is 19.6 Å². The summed E-state index contributed by atoms with van der Waals surface area (Å²) in [4.78, 5) is 28.3. The second-order valence-electron chi connectivity index (χ2n) is 7.80. The number of carbonyl (C=O) groups excluding carboxylic acids is 2. The van der Waals surface area contributed by atoms with Crippen LogP contribution in [0.3, 0.4) is 0 Å². The molecule has 0 N–H and O–H groups in total. The zero-order valence-electron chi connectivity index (χ0n) is 16.0. The molecule has 0 aromatic carbocycles. The second-order valence-corrected chi connectivity index (χ2v) is 7.80. The number of rotatable bonds is 6. The third kappa shape index (κ3) is 6.15. The van der Waals surface area contributed by atoms with Crippen LogP contribution >= 0.6 is 0 Å². The van der Waals surface area contributed by atoms with E-state index in [-0.39, 0.29) is 6.10 Å². The van der Waals surface area contributed by atoms with Gasteiger partial charge in [-0.3, -0.25) is 4.90 Å². The Morgan fingerprint density at radius 1 is 1.16 bits per heavy atom. The van der Waals surface area contributed by atoms with Crippen LogP contribution in [0.4, 0.5) is 4.79 Å². The fraction of sp³-hybridized carbons (Fsp3) is 0.889. The molecule has 2 atom stereocenters. The summed E-state index contributed by atoms with van der Waals surface area (Å²) in [5.41, 5.74) is -0.605. The normalized spacial score (nSPS) is 24.6. The van der Waals surface area contributed by atoms with Crippen molar-refractivity contribution in [2.24, 2.45) is 0 Å². The lowest BCUT2D eigenvalue weighted by Crippen LogP contribution is -2.44. The Labute approximate surface area is 150 Å². The molecule has 144 valence electrons. The van der Waals surface area contributed by atoms with Gasteiger partial charge in [0.25, 0.3) is 0 Å². The first kappa shape index (κ1) is 20.0. The molecule has 0 saturated carbocycles. The minimum absolute atomic E-state index is 0.157. The van der Waals surface area contributed by atoms with Crippen molar-refractivity contribution in [2.75, 3.05) is 39.9 Å². The molecule has 2 aliphatic rings. The SMILES string of the molecule is COC(=O)[C@@H]1CC(OCCCN2CCCC2)CN1C(=O)OC(C)(C)C. The Balaban J connectivity index is 1.82. The first-order valence-corrected chi connectivity index (χ1v) is 9.21. The van der Waals surface area contributed by atoms with Crippen LogP contribution in [0.15, 0.2) is 0 Å². The van der Waals surface area contributed by atoms with E-state index in [4.69, 9.17) is 14.2 Å². The molecule has 0 radical (unpaired) electrons. The number of ether oxygens (including phenoxy) is 3. The molecular weight excluding hydrogens is 324 g/mol. The van der Waals surface area contributed by atoms with Gasteiger partial charge in [0.1, 0.15) is 11.6 Å². The lowest BCUT2D eigenvalue weighted by atomic mass is 10.2. The minimum Gasteiger partial charge on any atom is -0.467 e. The maximum absolute atomic E-state index is 12.4. The van der Waals surface area contributed by atoms with Gasteiger partial charge in [-0.25, -0.2) is 9.59 Å². The summed E-state index contributed by atoms with van der Waals surface area (Å²) in [6.45, 7) is 9.82. The largest absolute Gasteiger partial charge is 0.467 e. The summed E-state index contributed by atoms with van der Waals surface area (Å²) in [7, 11) is 1.33. The molecule has 2 rings (SSSR count). The molecule has 1 amide bonds. The Bertz CT molecular complexity index is 457. The van der Waals surface area contributed by atoms with Gasteiger partial charge >= 0.3 is 12.1 Å². The quantitative estimate of drug-likeness (QED) is 0.536. The summed E-state index contributed by atoms with van der Waals surface area (Å²) in [6, 6.07) is -0.636. The molecule has 0 aromatic heterocycles. The van der Waals surface area contributed by atoms with E-state index < -0.39 is 23.7 Å². The van der Waals surface area contributed by atoms with Crippen molar-refractivity contribution in [2.45, 2.75) is 64.2 Å². The van der Waals surface area contributed by atoms with Crippen LogP contribution in [0.5, 0.6) is 0 Å². The number of hydrogen-bond acceptors (Lipinski definition) is 6. The molecule has 2 saturated heterocycles. The fourth-order valence-electron chi connectivity index (χ4n) is 3.34. The molecule has 0 spiro atoms. The van der Waals surface area contributed by atoms with Gasteiger partial charge in [0.05, 0.1) is 19.8 Å². The number of nitrogens with zero attached hydrogens (tertiary/aromatic N) is 2. The van der Waals surface area contributed by atoms with Crippen molar-refractivity contribution >= 4 is 12.1 Å². The van der Waals surface area contributed by atoms with Crippen molar-refractivity contribution < 1.29 is 23.8 Å². The van der Waals surface area contributed by atoms with Gasteiger partial charge in [0.15, 0.2) is 0 Å². The Morgan fingerprint density at radius 2 is 1.84 bits per heavy atom. The van der Waals surface area contributed by atoms with Crippen LogP contribution in [0.1, 0.15) is 46.5 Å². The standard InChI is InChI=1S/C18H32N2O5/c1-18(2,3)25-17(22)20-13-14(12-15(20)16(21)23-4)24-11-7-10-19-8-5-6-9-19/h14-15H,5-13H2,1-4H3/t14?,15-/m0/s1. The molecule has 7 nitrogen and oxygen atoms in total. The van der Waals surface area contributed by atoms with E-state index in [1.807, 2.05) is 0 Å². The van der Waals surface area contributed by atoms with E-state index in [0.29, 0.717) is 19.6 Å². The highest BCUT2D eigenvalue weighted by Gasteiger charge is 2.42. The van der Waals surface area contributed by atoms with Crippen molar-refractivity contribution in [1.82, 2.24) is 9.80 Å². The lowest BCUT2D eigenvalue weighted by Gasteiger charge is -2.27. The average Bonchev–Trinajstić information content (AvgIpc) is 3.18. The van der Waals surface area contributed by atoms with E-state index in [1.165, 1.54) is 37.9 Å². The third-order valence-electron chi connectivity index (χ3n) is 4.53. The van der Waals surface area contributed by atoms with Gasteiger partial charge in [-0.1, -0.05) is 0 Å². The number of esters is 1. The highest BCUT2D eigenvalue weighted by Crippen LogP contribution is 2.24.